The first-order valence-electron chi connectivity index (χ1n) is 6.62. The van der Waals surface area contributed by atoms with Gasteiger partial charge in [-0.15, -0.1) is 0 Å². The summed E-state index contributed by atoms with van der Waals surface area (Å²) in [5.41, 5.74) is 0. The normalized spacial score (nSPS) is 11.9. The molecule has 0 aromatic heterocycles. The van der Waals surface area contributed by atoms with Crippen molar-refractivity contribution in [2.24, 2.45) is 0 Å². The van der Waals surface area contributed by atoms with Crippen LogP contribution in [0.2, 0.25) is 0 Å². The molecule has 0 heterocycles. The Morgan fingerprint density at radius 2 is 1.39 bits per heavy atom. The summed E-state index contributed by atoms with van der Waals surface area (Å²) in [5, 5.41) is 14.5. The van der Waals surface area contributed by atoms with E-state index >= 15 is 0 Å². The highest BCUT2D eigenvalue weighted by atomic mass is 31.2. The second-order valence-corrected chi connectivity index (χ2v) is 6.42. The molecular formula is C12H29O5P. The fraction of sp³-hybridized carbons (Fsp3) is 1.00. The molecule has 0 unspecified atom stereocenters. The molecule has 0 aliphatic carbocycles. The lowest BCUT2D eigenvalue weighted by molar-refractivity contribution is 0.186. The fourth-order valence-electron chi connectivity index (χ4n) is 1.87. The first-order valence-corrected chi connectivity index (χ1v) is 8.23. The molecule has 0 rings (SSSR count). The average Bonchev–Trinajstić information content (AvgIpc) is 2.34. The lowest BCUT2D eigenvalue weighted by Gasteiger charge is -2.32. The van der Waals surface area contributed by atoms with Crippen molar-refractivity contribution in [3.05, 3.63) is 0 Å². The van der Waals surface area contributed by atoms with E-state index in [0.717, 1.165) is 19.3 Å². The molecule has 112 valence electrons. The summed E-state index contributed by atoms with van der Waals surface area (Å²) in [7, 11) is -3.95. The predicted molar refractivity (Wildman–Crippen MR) is 73.7 cm³/mol. The van der Waals surface area contributed by atoms with Crippen molar-refractivity contribution >= 4 is 7.60 Å². The van der Waals surface area contributed by atoms with Gasteiger partial charge in [-0.2, -0.15) is 0 Å². The maximum atomic E-state index is 11.4. The molecule has 0 saturated heterocycles. The Labute approximate surface area is 110 Å². The molecule has 0 aromatic rings. The van der Waals surface area contributed by atoms with Crippen molar-refractivity contribution in [2.45, 2.75) is 64.5 Å². The molecular weight excluding hydrogens is 255 g/mol. The van der Waals surface area contributed by atoms with E-state index in [4.69, 9.17) is 10.2 Å². The molecule has 0 aliphatic rings. The molecule has 0 bridgehead atoms. The molecule has 4 N–H and O–H groups in total. The van der Waals surface area contributed by atoms with Crippen molar-refractivity contribution in [1.29, 1.82) is 0 Å². The van der Waals surface area contributed by atoms with E-state index in [1.54, 1.807) is 0 Å². The van der Waals surface area contributed by atoms with Crippen LogP contribution in [0.3, 0.4) is 0 Å². The van der Waals surface area contributed by atoms with E-state index in [-0.39, 0.29) is 13.2 Å². The number of unbranched alkanes of at least 4 members (excludes halogenated alkanes) is 2. The Hall–Kier alpha value is 0.0700. The molecule has 0 aromatic carbocycles. The van der Waals surface area contributed by atoms with Crippen LogP contribution in [0.4, 0.5) is 0 Å². The molecule has 0 aliphatic heterocycles. The SMILES string of the molecule is CCCCCC(CC)(CC)P(=O)(O)O.OCCO. The summed E-state index contributed by atoms with van der Waals surface area (Å²) in [6.07, 6.45) is 4.85. The van der Waals surface area contributed by atoms with Crippen LogP contribution < -0.4 is 0 Å². The van der Waals surface area contributed by atoms with Crippen LogP contribution in [-0.4, -0.2) is 38.4 Å². The largest absolute Gasteiger partial charge is 0.394 e. The van der Waals surface area contributed by atoms with Crippen LogP contribution in [-0.2, 0) is 4.57 Å². The first-order chi connectivity index (χ1) is 8.35. The van der Waals surface area contributed by atoms with Crippen LogP contribution >= 0.6 is 7.60 Å². The monoisotopic (exact) mass is 284 g/mol. The van der Waals surface area contributed by atoms with Gasteiger partial charge in [0.25, 0.3) is 0 Å². The maximum absolute atomic E-state index is 11.4. The highest BCUT2D eigenvalue weighted by molar-refractivity contribution is 7.53. The number of hydrogen-bond acceptors (Lipinski definition) is 3. The van der Waals surface area contributed by atoms with Crippen molar-refractivity contribution in [3.8, 4) is 0 Å². The Balaban J connectivity index is 0. The Kier molecular flexibility index (Phi) is 12.4. The molecule has 0 saturated carbocycles. The van der Waals surface area contributed by atoms with Crippen molar-refractivity contribution in [2.75, 3.05) is 13.2 Å². The number of hydrogen-bond donors (Lipinski definition) is 4. The lowest BCUT2D eigenvalue weighted by Crippen LogP contribution is -2.27. The first kappa shape index (κ1) is 20.4. The summed E-state index contributed by atoms with van der Waals surface area (Å²) in [6.45, 7) is 5.58. The summed E-state index contributed by atoms with van der Waals surface area (Å²) in [6, 6.07) is 0. The molecule has 0 amide bonds. The van der Waals surface area contributed by atoms with Gasteiger partial charge in [-0.3, -0.25) is 4.57 Å². The molecule has 18 heavy (non-hydrogen) atoms. The van der Waals surface area contributed by atoms with Gasteiger partial charge in [0.1, 0.15) is 0 Å². The van der Waals surface area contributed by atoms with Gasteiger partial charge in [0.15, 0.2) is 0 Å². The average molecular weight is 284 g/mol. The minimum absolute atomic E-state index is 0.125. The second-order valence-electron chi connectivity index (χ2n) is 4.38. The Morgan fingerprint density at radius 1 is 0.944 bits per heavy atom. The third-order valence-electron chi connectivity index (χ3n) is 3.28. The van der Waals surface area contributed by atoms with Gasteiger partial charge in [0, 0.05) is 0 Å². The van der Waals surface area contributed by atoms with E-state index in [2.05, 4.69) is 6.92 Å². The van der Waals surface area contributed by atoms with Gasteiger partial charge >= 0.3 is 7.60 Å². The van der Waals surface area contributed by atoms with Crippen LogP contribution in [0.5, 0.6) is 0 Å². The number of aliphatic hydroxyl groups excluding tert-OH is 2. The fourth-order valence-corrected chi connectivity index (χ4v) is 3.14. The van der Waals surface area contributed by atoms with Crippen LogP contribution in [0.25, 0.3) is 0 Å². The van der Waals surface area contributed by atoms with Crippen LogP contribution in [0.15, 0.2) is 0 Å². The van der Waals surface area contributed by atoms with E-state index in [1.807, 2.05) is 13.8 Å². The number of aliphatic hydroxyl groups is 2. The Morgan fingerprint density at radius 3 is 1.61 bits per heavy atom. The Bertz CT molecular complexity index is 221. The summed E-state index contributed by atoms with van der Waals surface area (Å²) >= 11 is 0. The van der Waals surface area contributed by atoms with E-state index in [0.29, 0.717) is 19.3 Å². The molecule has 5 nitrogen and oxygen atoms in total. The van der Waals surface area contributed by atoms with E-state index in [1.165, 1.54) is 0 Å². The topological polar surface area (TPSA) is 98.0 Å². The summed E-state index contributed by atoms with van der Waals surface area (Å²) in [5.74, 6) is 0. The molecule has 0 spiro atoms. The maximum Gasteiger partial charge on any atom is 0.331 e. The second kappa shape index (κ2) is 10.9. The van der Waals surface area contributed by atoms with Gasteiger partial charge in [-0.05, 0) is 19.3 Å². The standard InChI is InChI=1S/C10H23O3P.C2H6O2/c1-4-7-8-9-10(5-2,6-3)14(11,12)13;3-1-2-4/h4-9H2,1-3H3,(H2,11,12,13);3-4H,1-2H2. The van der Waals surface area contributed by atoms with Crippen molar-refractivity contribution in [3.63, 3.8) is 0 Å². The number of rotatable bonds is 8. The third kappa shape index (κ3) is 7.49. The van der Waals surface area contributed by atoms with Gasteiger partial charge < -0.3 is 20.0 Å². The highest BCUT2D eigenvalue weighted by Gasteiger charge is 2.42. The van der Waals surface area contributed by atoms with Crippen LogP contribution in [0, 0.1) is 0 Å². The van der Waals surface area contributed by atoms with Gasteiger partial charge in [-0.25, -0.2) is 0 Å². The van der Waals surface area contributed by atoms with Gasteiger partial charge in [0.05, 0.1) is 18.4 Å². The van der Waals surface area contributed by atoms with E-state index in [9.17, 15) is 14.4 Å². The smallest absolute Gasteiger partial charge is 0.331 e. The zero-order valence-corrected chi connectivity index (χ0v) is 12.7. The van der Waals surface area contributed by atoms with Crippen molar-refractivity contribution in [1.82, 2.24) is 0 Å². The minimum atomic E-state index is -3.95. The van der Waals surface area contributed by atoms with Crippen molar-refractivity contribution < 1.29 is 24.6 Å². The quantitative estimate of drug-likeness (QED) is 0.405. The summed E-state index contributed by atoms with van der Waals surface area (Å²) < 4.78 is 11.4. The predicted octanol–water partition coefficient (Wildman–Crippen LogP) is 2.27. The molecule has 0 fully saturated rings. The molecule has 6 heteroatoms. The summed E-state index contributed by atoms with van der Waals surface area (Å²) in [4.78, 5) is 18.7. The zero-order valence-electron chi connectivity index (χ0n) is 11.8. The van der Waals surface area contributed by atoms with Gasteiger partial charge in [-0.1, -0.05) is 40.0 Å². The van der Waals surface area contributed by atoms with Gasteiger partial charge in [0.2, 0.25) is 0 Å². The van der Waals surface area contributed by atoms with Crippen LogP contribution in [0.1, 0.15) is 59.3 Å². The molecule has 0 radical (unpaired) electrons. The third-order valence-corrected chi connectivity index (χ3v) is 5.37. The van der Waals surface area contributed by atoms with E-state index < -0.39 is 12.8 Å². The molecule has 0 atom stereocenters. The zero-order chi connectivity index (χ0) is 14.7. The minimum Gasteiger partial charge on any atom is -0.394 e. The highest BCUT2D eigenvalue weighted by Crippen LogP contribution is 2.56. The lowest BCUT2D eigenvalue weighted by atomic mass is 9.95.